The Morgan fingerprint density at radius 1 is 1.25 bits per heavy atom. The molecule has 3 aliphatic rings. The molecule has 3 rings (SSSR count). The summed E-state index contributed by atoms with van der Waals surface area (Å²) in [5.74, 6) is 1.04. The topological polar surface area (TPSA) is 52.7 Å². The predicted octanol–water partition coefficient (Wildman–Crippen LogP) is 1.04. The van der Waals surface area contributed by atoms with Gasteiger partial charge in [0, 0.05) is 32.2 Å². The average molecular weight is 301 g/mol. The van der Waals surface area contributed by atoms with Gasteiger partial charge in [-0.2, -0.15) is 12.7 Å². The second-order valence-electron chi connectivity index (χ2n) is 6.83. The highest BCUT2D eigenvalue weighted by molar-refractivity contribution is 7.87. The minimum Gasteiger partial charge on any atom is -0.300 e. The number of rotatable bonds is 7. The molecule has 20 heavy (non-hydrogen) atoms. The van der Waals surface area contributed by atoms with Crippen molar-refractivity contribution in [3.8, 4) is 0 Å². The zero-order valence-corrected chi connectivity index (χ0v) is 13.4. The Bertz CT molecular complexity index is 445. The summed E-state index contributed by atoms with van der Waals surface area (Å²) < 4.78 is 28.9. The van der Waals surface area contributed by atoms with E-state index in [-0.39, 0.29) is 6.04 Å². The molecule has 0 aromatic carbocycles. The van der Waals surface area contributed by atoms with E-state index < -0.39 is 10.2 Å². The molecule has 3 fully saturated rings. The summed E-state index contributed by atoms with van der Waals surface area (Å²) in [4.78, 5) is 2.52. The zero-order chi connectivity index (χ0) is 14.3. The molecule has 1 heterocycles. The number of hydrogen-bond acceptors (Lipinski definition) is 3. The maximum Gasteiger partial charge on any atom is 0.279 e. The SMILES string of the molecule is C[C@H](C1CC1)N(C)S(=O)(=O)NC[C@@H]1CCN(C2CC2)C1. The number of nitrogens with one attached hydrogen (secondary N) is 1. The van der Waals surface area contributed by atoms with Gasteiger partial charge in [-0.15, -0.1) is 0 Å². The first-order valence-corrected chi connectivity index (χ1v) is 9.38. The molecule has 1 aliphatic heterocycles. The highest BCUT2D eigenvalue weighted by Crippen LogP contribution is 2.35. The van der Waals surface area contributed by atoms with Crippen molar-refractivity contribution in [3.63, 3.8) is 0 Å². The normalized spacial score (nSPS) is 30.1. The fourth-order valence-electron chi connectivity index (χ4n) is 3.22. The summed E-state index contributed by atoms with van der Waals surface area (Å²) >= 11 is 0. The monoisotopic (exact) mass is 301 g/mol. The Labute approximate surface area is 122 Å². The van der Waals surface area contributed by atoms with Crippen LogP contribution in [0, 0.1) is 11.8 Å². The van der Waals surface area contributed by atoms with Gasteiger partial charge in [-0.05, 0) is 57.4 Å². The third-order valence-corrected chi connectivity index (χ3v) is 6.81. The van der Waals surface area contributed by atoms with Gasteiger partial charge < -0.3 is 4.90 Å². The highest BCUT2D eigenvalue weighted by Gasteiger charge is 2.37. The van der Waals surface area contributed by atoms with Crippen LogP contribution in [0.2, 0.25) is 0 Å². The molecule has 0 aromatic rings. The molecular formula is C14H27N3O2S. The summed E-state index contributed by atoms with van der Waals surface area (Å²) in [7, 11) is -1.60. The Morgan fingerprint density at radius 3 is 2.55 bits per heavy atom. The second kappa shape index (κ2) is 5.55. The van der Waals surface area contributed by atoms with Crippen molar-refractivity contribution in [2.75, 3.05) is 26.7 Å². The first-order valence-electron chi connectivity index (χ1n) is 7.94. The zero-order valence-electron chi connectivity index (χ0n) is 12.6. The minimum atomic E-state index is -3.31. The molecule has 0 bridgehead atoms. The van der Waals surface area contributed by atoms with E-state index in [9.17, 15) is 8.42 Å². The van der Waals surface area contributed by atoms with Crippen LogP contribution in [0.4, 0.5) is 0 Å². The maximum absolute atomic E-state index is 12.3. The average Bonchev–Trinajstić information content (AvgIpc) is 3.33. The van der Waals surface area contributed by atoms with Crippen LogP contribution in [-0.4, -0.2) is 56.4 Å². The van der Waals surface area contributed by atoms with Gasteiger partial charge in [-0.1, -0.05) is 0 Å². The van der Waals surface area contributed by atoms with Crippen LogP contribution in [0.3, 0.4) is 0 Å². The summed E-state index contributed by atoms with van der Waals surface area (Å²) in [6, 6.07) is 0.924. The van der Waals surface area contributed by atoms with Gasteiger partial charge >= 0.3 is 0 Å². The van der Waals surface area contributed by atoms with Gasteiger partial charge in [0.2, 0.25) is 0 Å². The summed E-state index contributed by atoms with van der Waals surface area (Å²) in [6.07, 6.45) is 6.13. The lowest BCUT2D eigenvalue weighted by Gasteiger charge is -2.25. The van der Waals surface area contributed by atoms with E-state index in [1.54, 1.807) is 7.05 Å². The van der Waals surface area contributed by atoms with Crippen LogP contribution in [0.15, 0.2) is 0 Å². The molecule has 5 nitrogen and oxygen atoms in total. The van der Waals surface area contributed by atoms with Crippen molar-refractivity contribution in [3.05, 3.63) is 0 Å². The molecule has 2 aliphatic carbocycles. The van der Waals surface area contributed by atoms with E-state index in [4.69, 9.17) is 0 Å². The van der Waals surface area contributed by atoms with Gasteiger partial charge in [-0.25, -0.2) is 4.72 Å². The molecule has 2 saturated carbocycles. The van der Waals surface area contributed by atoms with Crippen molar-refractivity contribution >= 4 is 10.2 Å². The van der Waals surface area contributed by atoms with Crippen molar-refractivity contribution in [2.45, 2.75) is 51.1 Å². The van der Waals surface area contributed by atoms with Gasteiger partial charge in [0.15, 0.2) is 0 Å². The molecule has 0 aromatic heterocycles. The van der Waals surface area contributed by atoms with E-state index in [2.05, 4.69) is 9.62 Å². The fourth-order valence-corrected chi connectivity index (χ4v) is 4.48. The second-order valence-corrected chi connectivity index (χ2v) is 8.64. The van der Waals surface area contributed by atoms with Gasteiger partial charge in [0.1, 0.15) is 0 Å². The third-order valence-electron chi connectivity index (χ3n) is 5.19. The largest absolute Gasteiger partial charge is 0.300 e. The third kappa shape index (κ3) is 3.35. The lowest BCUT2D eigenvalue weighted by atomic mass is 10.1. The maximum atomic E-state index is 12.3. The van der Waals surface area contributed by atoms with E-state index in [0.29, 0.717) is 18.4 Å². The van der Waals surface area contributed by atoms with Crippen LogP contribution in [0.5, 0.6) is 0 Å². The Hall–Kier alpha value is -0.170. The molecule has 1 saturated heterocycles. The van der Waals surface area contributed by atoms with E-state index in [0.717, 1.165) is 25.6 Å². The minimum absolute atomic E-state index is 0.124. The molecule has 0 unspecified atom stereocenters. The molecule has 1 N–H and O–H groups in total. The van der Waals surface area contributed by atoms with Gasteiger partial charge in [0.05, 0.1) is 0 Å². The molecule has 0 amide bonds. The Morgan fingerprint density at radius 2 is 1.95 bits per heavy atom. The lowest BCUT2D eigenvalue weighted by Crippen LogP contribution is -2.45. The number of nitrogens with zero attached hydrogens (tertiary/aromatic N) is 2. The fraction of sp³-hybridized carbons (Fsp3) is 1.00. The summed E-state index contributed by atoms with van der Waals surface area (Å²) in [6.45, 7) is 4.81. The first-order chi connectivity index (χ1) is 9.47. The standard InChI is InChI=1S/C14H27N3O2S/c1-11(13-3-4-13)16(2)20(18,19)15-9-12-7-8-17(10-12)14-5-6-14/h11-15H,3-10H2,1-2H3/t11-,12+/m1/s1. The summed E-state index contributed by atoms with van der Waals surface area (Å²) in [5.41, 5.74) is 0. The van der Waals surface area contributed by atoms with E-state index in [1.165, 1.54) is 30.0 Å². The Kier molecular flexibility index (Phi) is 4.10. The lowest BCUT2D eigenvalue weighted by molar-refractivity contribution is 0.312. The molecule has 116 valence electrons. The van der Waals surface area contributed by atoms with Crippen molar-refractivity contribution in [2.24, 2.45) is 11.8 Å². The van der Waals surface area contributed by atoms with Gasteiger partial charge in [-0.3, -0.25) is 0 Å². The smallest absolute Gasteiger partial charge is 0.279 e. The molecular weight excluding hydrogens is 274 g/mol. The van der Waals surface area contributed by atoms with Crippen molar-refractivity contribution in [1.82, 2.24) is 13.9 Å². The number of likely N-dealkylation sites (tertiary alicyclic amines) is 1. The highest BCUT2D eigenvalue weighted by atomic mass is 32.2. The van der Waals surface area contributed by atoms with Crippen molar-refractivity contribution in [1.29, 1.82) is 0 Å². The first kappa shape index (κ1) is 14.8. The molecule has 0 radical (unpaired) electrons. The van der Waals surface area contributed by atoms with Crippen molar-refractivity contribution < 1.29 is 8.42 Å². The van der Waals surface area contributed by atoms with Crippen LogP contribution in [0.25, 0.3) is 0 Å². The van der Waals surface area contributed by atoms with E-state index in [1.807, 2.05) is 6.92 Å². The van der Waals surface area contributed by atoms with Crippen LogP contribution in [0.1, 0.15) is 39.0 Å². The predicted molar refractivity (Wildman–Crippen MR) is 79.6 cm³/mol. The molecule has 6 heteroatoms. The quantitative estimate of drug-likeness (QED) is 0.764. The van der Waals surface area contributed by atoms with Gasteiger partial charge in [0.25, 0.3) is 10.2 Å². The van der Waals surface area contributed by atoms with E-state index >= 15 is 0 Å². The van der Waals surface area contributed by atoms with Crippen LogP contribution >= 0.6 is 0 Å². The summed E-state index contributed by atoms with van der Waals surface area (Å²) in [5, 5.41) is 0. The number of hydrogen-bond donors (Lipinski definition) is 1. The molecule has 0 spiro atoms. The van der Waals surface area contributed by atoms with Crippen LogP contribution < -0.4 is 4.72 Å². The Balaban J connectivity index is 1.46. The molecule has 2 atom stereocenters. The van der Waals surface area contributed by atoms with Crippen LogP contribution in [-0.2, 0) is 10.2 Å².